The van der Waals surface area contributed by atoms with E-state index in [2.05, 4.69) is 9.72 Å². The Labute approximate surface area is 123 Å². The second-order valence-corrected chi connectivity index (χ2v) is 5.91. The van der Waals surface area contributed by atoms with E-state index in [1.54, 1.807) is 6.07 Å². The van der Waals surface area contributed by atoms with Crippen LogP contribution in [-0.2, 0) is 14.0 Å². The Balaban J connectivity index is 2.41. The fourth-order valence-electron chi connectivity index (χ4n) is 1.96. The first-order valence-corrected chi connectivity index (χ1v) is 6.61. The first kappa shape index (κ1) is 15.7. The SMILES string of the molecule is COC(=O)c1cc(B2OC(C)(C)C(C)(C)O2)cc(C=O)n1. The molecule has 0 radical (unpaired) electrons. The van der Waals surface area contributed by atoms with Crippen LogP contribution in [0.2, 0.25) is 0 Å². The highest BCUT2D eigenvalue weighted by atomic mass is 16.7. The van der Waals surface area contributed by atoms with E-state index in [4.69, 9.17) is 9.31 Å². The van der Waals surface area contributed by atoms with Crippen LogP contribution in [0.1, 0.15) is 48.7 Å². The van der Waals surface area contributed by atoms with Crippen LogP contribution < -0.4 is 5.46 Å². The van der Waals surface area contributed by atoms with Crippen molar-refractivity contribution in [2.45, 2.75) is 38.9 Å². The van der Waals surface area contributed by atoms with Crippen molar-refractivity contribution in [1.29, 1.82) is 0 Å². The molecule has 112 valence electrons. The number of ether oxygens (including phenoxy) is 1. The first-order valence-electron chi connectivity index (χ1n) is 6.61. The molecule has 1 fully saturated rings. The summed E-state index contributed by atoms with van der Waals surface area (Å²) in [4.78, 5) is 26.5. The molecule has 1 aromatic heterocycles. The molecule has 1 aromatic rings. The number of carbonyl (C=O) groups is 2. The highest BCUT2D eigenvalue weighted by molar-refractivity contribution is 6.62. The number of nitrogens with zero attached hydrogens (tertiary/aromatic N) is 1. The van der Waals surface area contributed by atoms with E-state index in [0.29, 0.717) is 11.7 Å². The Morgan fingerprint density at radius 2 is 1.81 bits per heavy atom. The predicted octanol–water partition coefficient (Wildman–Crippen LogP) is 0.980. The van der Waals surface area contributed by atoms with Crippen LogP contribution in [0.4, 0.5) is 0 Å². The molecule has 0 aromatic carbocycles. The van der Waals surface area contributed by atoms with Crippen molar-refractivity contribution in [1.82, 2.24) is 4.98 Å². The van der Waals surface area contributed by atoms with Gasteiger partial charge in [0.1, 0.15) is 11.4 Å². The molecular formula is C14H18BNO5. The molecule has 2 rings (SSSR count). The van der Waals surface area contributed by atoms with Crippen molar-refractivity contribution in [2.75, 3.05) is 7.11 Å². The van der Waals surface area contributed by atoms with Gasteiger partial charge in [0.25, 0.3) is 0 Å². The molecule has 0 aliphatic carbocycles. The van der Waals surface area contributed by atoms with Gasteiger partial charge in [-0.15, -0.1) is 0 Å². The maximum absolute atomic E-state index is 11.6. The number of hydrogen-bond acceptors (Lipinski definition) is 6. The molecule has 2 heterocycles. The van der Waals surface area contributed by atoms with E-state index in [0.717, 1.165) is 0 Å². The molecule has 0 bridgehead atoms. The quantitative estimate of drug-likeness (QED) is 0.469. The maximum Gasteiger partial charge on any atom is 0.494 e. The Hall–Kier alpha value is -1.73. The molecule has 21 heavy (non-hydrogen) atoms. The number of aromatic nitrogens is 1. The second kappa shape index (κ2) is 5.24. The standard InChI is InChI=1S/C14H18BNO5/c1-13(2)14(3,4)21-15(20-13)9-6-10(8-17)16-11(7-9)12(18)19-5/h6-8H,1-5H3. The van der Waals surface area contributed by atoms with Crippen LogP contribution in [0.25, 0.3) is 0 Å². The fourth-order valence-corrected chi connectivity index (χ4v) is 1.96. The van der Waals surface area contributed by atoms with E-state index in [9.17, 15) is 9.59 Å². The lowest BCUT2D eigenvalue weighted by atomic mass is 9.79. The van der Waals surface area contributed by atoms with Crippen molar-refractivity contribution in [3.8, 4) is 0 Å². The molecule has 0 unspecified atom stereocenters. The molecule has 1 saturated heterocycles. The van der Waals surface area contributed by atoms with Crippen molar-refractivity contribution >= 4 is 24.8 Å². The molecule has 0 atom stereocenters. The Bertz CT molecular complexity index is 569. The van der Waals surface area contributed by atoms with Gasteiger partial charge in [-0.3, -0.25) is 4.79 Å². The lowest BCUT2D eigenvalue weighted by Gasteiger charge is -2.32. The minimum absolute atomic E-state index is 0.0480. The Morgan fingerprint density at radius 3 is 2.29 bits per heavy atom. The second-order valence-electron chi connectivity index (χ2n) is 5.91. The highest BCUT2D eigenvalue weighted by Crippen LogP contribution is 2.36. The van der Waals surface area contributed by atoms with Gasteiger partial charge < -0.3 is 14.0 Å². The van der Waals surface area contributed by atoms with Crippen LogP contribution in [-0.4, -0.2) is 42.7 Å². The van der Waals surface area contributed by atoms with Gasteiger partial charge in [-0.05, 0) is 45.3 Å². The summed E-state index contributed by atoms with van der Waals surface area (Å²) in [5.74, 6) is -0.614. The third kappa shape index (κ3) is 2.84. The zero-order valence-electron chi connectivity index (χ0n) is 12.8. The van der Waals surface area contributed by atoms with E-state index in [-0.39, 0.29) is 11.4 Å². The van der Waals surface area contributed by atoms with E-state index in [1.807, 2.05) is 27.7 Å². The highest BCUT2D eigenvalue weighted by Gasteiger charge is 2.51. The largest absolute Gasteiger partial charge is 0.494 e. The van der Waals surface area contributed by atoms with Crippen LogP contribution in [0.3, 0.4) is 0 Å². The van der Waals surface area contributed by atoms with Crippen molar-refractivity contribution in [3.05, 3.63) is 23.5 Å². The fraction of sp³-hybridized carbons (Fsp3) is 0.500. The molecule has 0 spiro atoms. The number of esters is 1. The van der Waals surface area contributed by atoms with Crippen molar-refractivity contribution in [2.24, 2.45) is 0 Å². The Morgan fingerprint density at radius 1 is 1.24 bits per heavy atom. The van der Waals surface area contributed by atoms with Crippen LogP contribution in [0, 0.1) is 0 Å². The molecule has 7 heteroatoms. The smallest absolute Gasteiger partial charge is 0.464 e. The average molecular weight is 291 g/mol. The summed E-state index contributed by atoms with van der Waals surface area (Å²) in [5.41, 5.74) is -0.276. The number of carbonyl (C=O) groups excluding carboxylic acids is 2. The topological polar surface area (TPSA) is 74.7 Å². The summed E-state index contributed by atoms with van der Waals surface area (Å²) in [5, 5.41) is 0. The van der Waals surface area contributed by atoms with E-state index in [1.165, 1.54) is 13.2 Å². The van der Waals surface area contributed by atoms with Crippen molar-refractivity contribution in [3.63, 3.8) is 0 Å². The lowest BCUT2D eigenvalue weighted by molar-refractivity contribution is 0.00578. The van der Waals surface area contributed by atoms with Gasteiger partial charge in [-0.2, -0.15) is 0 Å². The van der Waals surface area contributed by atoms with Gasteiger partial charge >= 0.3 is 13.1 Å². The van der Waals surface area contributed by atoms with Gasteiger partial charge in [0.05, 0.1) is 18.3 Å². The number of pyridine rings is 1. The summed E-state index contributed by atoms with van der Waals surface area (Å²) in [7, 11) is 0.589. The normalized spacial score (nSPS) is 19.4. The van der Waals surface area contributed by atoms with E-state index >= 15 is 0 Å². The summed E-state index contributed by atoms with van der Waals surface area (Å²) < 4.78 is 16.4. The minimum atomic E-state index is -0.667. The zero-order chi connectivity index (χ0) is 15.8. The van der Waals surface area contributed by atoms with Gasteiger partial charge in [0.2, 0.25) is 0 Å². The van der Waals surface area contributed by atoms with E-state index < -0.39 is 24.3 Å². The van der Waals surface area contributed by atoms with Gasteiger partial charge in [-0.25, -0.2) is 9.78 Å². The number of methoxy groups -OCH3 is 1. The van der Waals surface area contributed by atoms with Gasteiger partial charge in [0.15, 0.2) is 6.29 Å². The monoisotopic (exact) mass is 291 g/mol. The third-order valence-corrected chi connectivity index (χ3v) is 3.91. The van der Waals surface area contributed by atoms with Crippen LogP contribution in [0.5, 0.6) is 0 Å². The molecule has 0 amide bonds. The maximum atomic E-state index is 11.6. The molecule has 1 aliphatic rings. The average Bonchev–Trinajstić information content (AvgIpc) is 2.66. The molecule has 0 N–H and O–H groups in total. The minimum Gasteiger partial charge on any atom is -0.464 e. The summed E-state index contributed by atoms with van der Waals surface area (Å²) >= 11 is 0. The predicted molar refractivity (Wildman–Crippen MR) is 76.7 cm³/mol. The zero-order valence-corrected chi connectivity index (χ0v) is 12.8. The van der Waals surface area contributed by atoms with Gasteiger partial charge in [0, 0.05) is 0 Å². The molecule has 6 nitrogen and oxygen atoms in total. The number of rotatable bonds is 3. The molecule has 1 aliphatic heterocycles. The first-order chi connectivity index (χ1) is 9.70. The molecular weight excluding hydrogens is 273 g/mol. The third-order valence-electron chi connectivity index (χ3n) is 3.91. The van der Waals surface area contributed by atoms with Crippen molar-refractivity contribution < 1.29 is 23.6 Å². The lowest BCUT2D eigenvalue weighted by Crippen LogP contribution is -2.41. The molecule has 0 saturated carbocycles. The summed E-state index contributed by atoms with van der Waals surface area (Å²) in [6.07, 6.45) is 0.571. The van der Waals surface area contributed by atoms with Crippen LogP contribution in [0.15, 0.2) is 12.1 Å². The summed E-state index contributed by atoms with van der Waals surface area (Å²) in [6, 6.07) is 3.06. The number of aldehydes is 1. The van der Waals surface area contributed by atoms with Crippen LogP contribution >= 0.6 is 0 Å². The van der Waals surface area contributed by atoms with Gasteiger partial charge in [-0.1, -0.05) is 0 Å². The Kier molecular flexibility index (Phi) is 3.90. The number of hydrogen-bond donors (Lipinski definition) is 0. The summed E-state index contributed by atoms with van der Waals surface area (Å²) in [6.45, 7) is 7.71.